The monoisotopic (exact) mass is 306 g/mol. The summed E-state index contributed by atoms with van der Waals surface area (Å²) < 4.78 is 5.51. The molecule has 112 valence electrons. The average Bonchev–Trinajstić information content (AvgIpc) is 2.99. The third kappa shape index (κ3) is 5.30. The largest absolute Gasteiger partial charge is 0.491 e. The van der Waals surface area contributed by atoms with E-state index >= 15 is 0 Å². The zero-order chi connectivity index (χ0) is 15.1. The van der Waals surface area contributed by atoms with Crippen molar-refractivity contribution in [2.75, 3.05) is 13.2 Å². The van der Waals surface area contributed by atoms with Gasteiger partial charge >= 0.3 is 0 Å². The van der Waals surface area contributed by atoms with E-state index in [4.69, 9.17) is 4.74 Å². The minimum atomic E-state index is -0.516. The van der Waals surface area contributed by atoms with Gasteiger partial charge in [0.1, 0.15) is 31.5 Å². The lowest BCUT2D eigenvalue weighted by Crippen LogP contribution is -2.85. The fraction of sp³-hybridized carbons (Fsp3) is 0.312. The number of carbonyl (C=O) groups excluding carboxylic acids is 1. The van der Waals surface area contributed by atoms with E-state index in [9.17, 15) is 9.90 Å². The summed E-state index contributed by atoms with van der Waals surface area (Å²) in [6.07, 6.45) is -0.516. The maximum Gasteiger partial charge on any atom is 0.159 e. The van der Waals surface area contributed by atoms with Crippen LogP contribution in [0.1, 0.15) is 22.2 Å². The van der Waals surface area contributed by atoms with E-state index in [0.717, 1.165) is 6.54 Å². The van der Waals surface area contributed by atoms with Crippen LogP contribution in [0.15, 0.2) is 41.8 Å². The van der Waals surface area contributed by atoms with E-state index in [2.05, 4.69) is 11.4 Å². The summed E-state index contributed by atoms with van der Waals surface area (Å²) in [7, 11) is 0. The molecule has 21 heavy (non-hydrogen) atoms. The molecule has 2 aromatic rings. The van der Waals surface area contributed by atoms with Gasteiger partial charge in [0.15, 0.2) is 5.78 Å². The second-order valence-electron chi connectivity index (χ2n) is 4.85. The molecule has 2 rings (SSSR count). The van der Waals surface area contributed by atoms with Crippen LogP contribution in [0.2, 0.25) is 0 Å². The molecular formula is C16H20NO3S+. The predicted octanol–water partition coefficient (Wildman–Crippen LogP) is 1.45. The lowest BCUT2D eigenvalue weighted by atomic mass is 10.1. The van der Waals surface area contributed by atoms with Gasteiger partial charge < -0.3 is 15.2 Å². The summed E-state index contributed by atoms with van der Waals surface area (Å²) in [6, 6.07) is 11.1. The van der Waals surface area contributed by atoms with Crippen molar-refractivity contribution in [1.82, 2.24) is 0 Å². The topological polar surface area (TPSA) is 63.1 Å². The standard InChI is InChI=1S/C16H19NO3S/c1-12(18)13-4-6-15(7-5-13)20-11-14(19)9-17-10-16-3-2-8-21-16/h2-8,14,17,19H,9-11H2,1H3/p+1/t14-/m1/s1. The predicted molar refractivity (Wildman–Crippen MR) is 82.8 cm³/mol. The molecule has 4 nitrogen and oxygen atoms in total. The van der Waals surface area contributed by atoms with Crippen LogP contribution in [0.5, 0.6) is 5.75 Å². The molecule has 0 aliphatic rings. The van der Waals surface area contributed by atoms with Crippen LogP contribution in [0.4, 0.5) is 0 Å². The van der Waals surface area contributed by atoms with Gasteiger partial charge in [-0.3, -0.25) is 4.79 Å². The molecule has 5 heteroatoms. The Morgan fingerprint density at radius 2 is 2.10 bits per heavy atom. The van der Waals surface area contributed by atoms with Crippen molar-refractivity contribution < 1.29 is 20.0 Å². The van der Waals surface area contributed by atoms with E-state index in [1.54, 1.807) is 35.6 Å². The number of Topliss-reactive ketones (excluding diaryl/α,β-unsaturated/α-hetero) is 1. The Bertz CT molecular complexity index is 551. The van der Waals surface area contributed by atoms with Gasteiger partial charge in [-0.05, 0) is 42.6 Å². The van der Waals surface area contributed by atoms with Crippen molar-refractivity contribution in [3.8, 4) is 5.75 Å². The number of carbonyl (C=O) groups is 1. The van der Waals surface area contributed by atoms with Gasteiger partial charge in [-0.25, -0.2) is 0 Å². The summed E-state index contributed by atoms with van der Waals surface area (Å²) in [5, 5.41) is 14.0. The van der Waals surface area contributed by atoms with E-state index in [1.165, 1.54) is 11.8 Å². The fourth-order valence-corrected chi connectivity index (χ4v) is 2.60. The van der Waals surface area contributed by atoms with Crippen molar-refractivity contribution in [2.24, 2.45) is 0 Å². The molecule has 1 aromatic heterocycles. The Hall–Kier alpha value is -1.69. The van der Waals surface area contributed by atoms with Gasteiger partial charge in [0.2, 0.25) is 0 Å². The Morgan fingerprint density at radius 1 is 1.33 bits per heavy atom. The molecule has 0 aliphatic heterocycles. The quantitative estimate of drug-likeness (QED) is 0.726. The number of aliphatic hydroxyl groups excluding tert-OH is 1. The first-order valence-corrected chi connectivity index (χ1v) is 7.79. The van der Waals surface area contributed by atoms with Crippen LogP contribution < -0.4 is 10.1 Å². The zero-order valence-electron chi connectivity index (χ0n) is 12.0. The fourth-order valence-electron chi connectivity index (χ4n) is 1.89. The van der Waals surface area contributed by atoms with Crippen LogP contribution in [0, 0.1) is 0 Å². The summed E-state index contributed by atoms with van der Waals surface area (Å²) in [6.45, 7) is 3.26. The Balaban J connectivity index is 1.68. The number of ether oxygens (including phenoxy) is 1. The molecule has 0 radical (unpaired) electrons. The number of hydrogen-bond acceptors (Lipinski definition) is 4. The van der Waals surface area contributed by atoms with E-state index in [0.29, 0.717) is 17.9 Å². The van der Waals surface area contributed by atoms with E-state index in [-0.39, 0.29) is 12.4 Å². The number of hydrogen-bond donors (Lipinski definition) is 2. The van der Waals surface area contributed by atoms with Crippen LogP contribution in [-0.2, 0) is 6.54 Å². The van der Waals surface area contributed by atoms with Crippen molar-refractivity contribution in [1.29, 1.82) is 0 Å². The number of thiophene rings is 1. The third-order valence-corrected chi connectivity index (χ3v) is 3.97. The first-order valence-electron chi connectivity index (χ1n) is 6.91. The highest BCUT2D eigenvalue weighted by atomic mass is 32.1. The van der Waals surface area contributed by atoms with Crippen LogP contribution >= 0.6 is 11.3 Å². The highest BCUT2D eigenvalue weighted by Gasteiger charge is 2.08. The lowest BCUT2D eigenvalue weighted by molar-refractivity contribution is -0.676. The van der Waals surface area contributed by atoms with Crippen molar-refractivity contribution in [3.05, 3.63) is 52.2 Å². The van der Waals surface area contributed by atoms with Gasteiger partial charge in [-0.2, -0.15) is 0 Å². The SMILES string of the molecule is CC(=O)c1ccc(OC[C@H](O)C[NH2+]Cc2cccs2)cc1. The highest BCUT2D eigenvalue weighted by Crippen LogP contribution is 2.12. The molecule has 0 bridgehead atoms. The van der Waals surface area contributed by atoms with Crippen molar-refractivity contribution in [2.45, 2.75) is 19.6 Å². The molecule has 0 unspecified atom stereocenters. The number of quaternary nitrogens is 1. The highest BCUT2D eigenvalue weighted by molar-refractivity contribution is 7.09. The normalized spacial score (nSPS) is 12.1. The molecule has 1 aromatic carbocycles. The third-order valence-electron chi connectivity index (χ3n) is 3.07. The maximum absolute atomic E-state index is 11.2. The first kappa shape index (κ1) is 15.7. The maximum atomic E-state index is 11.2. The number of benzene rings is 1. The van der Waals surface area contributed by atoms with Crippen LogP contribution in [0.3, 0.4) is 0 Å². The molecular weight excluding hydrogens is 286 g/mol. The molecule has 0 saturated carbocycles. The summed E-state index contributed by atoms with van der Waals surface area (Å²) >= 11 is 1.72. The lowest BCUT2D eigenvalue weighted by Gasteiger charge is -2.11. The summed E-state index contributed by atoms with van der Waals surface area (Å²) in [5.74, 6) is 0.696. The smallest absolute Gasteiger partial charge is 0.159 e. The average molecular weight is 306 g/mol. The van der Waals surface area contributed by atoms with Crippen LogP contribution in [0.25, 0.3) is 0 Å². The van der Waals surface area contributed by atoms with Crippen LogP contribution in [-0.4, -0.2) is 30.1 Å². The number of rotatable bonds is 8. The van der Waals surface area contributed by atoms with E-state index in [1.807, 2.05) is 11.4 Å². The molecule has 1 atom stereocenters. The Morgan fingerprint density at radius 3 is 2.71 bits per heavy atom. The van der Waals surface area contributed by atoms with Crippen molar-refractivity contribution in [3.63, 3.8) is 0 Å². The molecule has 0 spiro atoms. The molecule has 3 N–H and O–H groups in total. The van der Waals surface area contributed by atoms with Crippen molar-refractivity contribution >= 4 is 17.1 Å². The molecule has 0 fully saturated rings. The van der Waals surface area contributed by atoms with Gasteiger partial charge in [0.05, 0.1) is 4.88 Å². The van der Waals surface area contributed by atoms with E-state index < -0.39 is 6.10 Å². The molecule has 0 aliphatic carbocycles. The summed E-state index contributed by atoms with van der Waals surface area (Å²) in [4.78, 5) is 12.4. The van der Waals surface area contributed by atoms with Gasteiger partial charge in [0.25, 0.3) is 0 Å². The Kier molecular flexibility index (Phi) is 5.92. The number of ketones is 1. The molecule has 1 heterocycles. The first-order chi connectivity index (χ1) is 10.1. The summed E-state index contributed by atoms with van der Waals surface area (Å²) in [5.41, 5.74) is 0.659. The second-order valence-corrected chi connectivity index (χ2v) is 5.89. The minimum Gasteiger partial charge on any atom is -0.491 e. The number of nitrogens with two attached hydrogens (primary N) is 1. The van der Waals surface area contributed by atoms with Gasteiger partial charge in [-0.15, -0.1) is 11.3 Å². The molecule has 0 saturated heterocycles. The zero-order valence-corrected chi connectivity index (χ0v) is 12.8. The molecule has 0 amide bonds. The Labute approximate surface area is 128 Å². The number of aliphatic hydroxyl groups is 1. The minimum absolute atomic E-state index is 0.0322. The van der Waals surface area contributed by atoms with Gasteiger partial charge in [0, 0.05) is 5.56 Å². The second kappa shape index (κ2) is 7.93. The van der Waals surface area contributed by atoms with Gasteiger partial charge in [-0.1, -0.05) is 6.07 Å².